The minimum atomic E-state index is -0.176. The second kappa shape index (κ2) is 6.43. The van der Waals surface area contributed by atoms with Crippen molar-refractivity contribution in [3.63, 3.8) is 0 Å². The first-order valence-corrected chi connectivity index (χ1v) is 9.62. The standard InChI is InChI=1S/C24H21N3O/c25-24(12-4-13-24)18-9-7-17(8-10-18)22-19(16-5-2-1-3-6-16)15-20-21(27-22)11-14-26-23(20)28/h1-3,5-11,14-15H,4,12-13,25H2,(H,26,28). The minimum Gasteiger partial charge on any atom is -0.328 e. The number of benzene rings is 2. The molecule has 0 bridgehead atoms. The molecule has 2 heterocycles. The van der Waals surface area contributed by atoms with Gasteiger partial charge in [-0.3, -0.25) is 4.79 Å². The van der Waals surface area contributed by atoms with Crippen LogP contribution in [0.15, 0.2) is 77.7 Å². The third-order valence-corrected chi connectivity index (χ3v) is 5.82. The van der Waals surface area contributed by atoms with Gasteiger partial charge in [0.2, 0.25) is 0 Å². The molecule has 3 N–H and O–H groups in total. The van der Waals surface area contributed by atoms with Gasteiger partial charge in [-0.15, -0.1) is 0 Å². The van der Waals surface area contributed by atoms with Crippen LogP contribution in [-0.4, -0.2) is 9.97 Å². The average molecular weight is 367 g/mol. The van der Waals surface area contributed by atoms with Crippen LogP contribution in [0.25, 0.3) is 33.3 Å². The molecule has 2 aromatic carbocycles. The number of fused-ring (bicyclic) bond motifs is 1. The summed E-state index contributed by atoms with van der Waals surface area (Å²) in [6.45, 7) is 0. The van der Waals surface area contributed by atoms with E-state index in [2.05, 4.69) is 29.2 Å². The highest BCUT2D eigenvalue weighted by Gasteiger charge is 2.34. The van der Waals surface area contributed by atoms with Crippen molar-refractivity contribution in [1.82, 2.24) is 9.97 Å². The second-order valence-corrected chi connectivity index (χ2v) is 7.58. The van der Waals surface area contributed by atoms with E-state index in [0.29, 0.717) is 10.9 Å². The lowest BCUT2D eigenvalue weighted by Crippen LogP contribution is -2.43. The number of hydrogen-bond acceptors (Lipinski definition) is 3. The summed E-state index contributed by atoms with van der Waals surface area (Å²) in [7, 11) is 0. The Morgan fingerprint density at radius 3 is 2.36 bits per heavy atom. The highest BCUT2D eigenvalue weighted by atomic mass is 16.1. The van der Waals surface area contributed by atoms with Crippen molar-refractivity contribution in [2.45, 2.75) is 24.8 Å². The van der Waals surface area contributed by atoms with Crippen molar-refractivity contribution >= 4 is 10.9 Å². The maximum absolute atomic E-state index is 12.3. The molecule has 0 radical (unpaired) electrons. The summed E-state index contributed by atoms with van der Waals surface area (Å²) in [4.78, 5) is 19.9. The minimum absolute atomic E-state index is 0.126. The van der Waals surface area contributed by atoms with Crippen LogP contribution in [0.1, 0.15) is 24.8 Å². The predicted octanol–water partition coefficient (Wildman–Crippen LogP) is 4.60. The summed E-state index contributed by atoms with van der Waals surface area (Å²) < 4.78 is 0. The maximum atomic E-state index is 12.3. The molecule has 138 valence electrons. The molecule has 5 rings (SSSR count). The van der Waals surface area contributed by atoms with Crippen LogP contribution in [0.2, 0.25) is 0 Å². The van der Waals surface area contributed by atoms with E-state index < -0.39 is 0 Å². The summed E-state index contributed by atoms with van der Waals surface area (Å²) in [6.07, 6.45) is 4.91. The number of nitrogens with zero attached hydrogens (tertiary/aromatic N) is 1. The Bertz CT molecular complexity index is 1210. The molecule has 0 unspecified atom stereocenters. The number of pyridine rings is 2. The Morgan fingerprint density at radius 2 is 1.68 bits per heavy atom. The number of nitrogens with one attached hydrogen (secondary N) is 1. The van der Waals surface area contributed by atoms with E-state index in [4.69, 9.17) is 10.7 Å². The Hall–Kier alpha value is -3.24. The fourth-order valence-electron chi connectivity index (χ4n) is 3.97. The molecule has 0 aliphatic heterocycles. The molecule has 0 saturated heterocycles. The molecule has 4 aromatic rings. The Balaban J connectivity index is 1.70. The summed E-state index contributed by atoms with van der Waals surface area (Å²) >= 11 is 0. The summed E-state index contributed by atoms with van der Waals surface area (Å²) in [5, 5.41) is 0.595. The monoisotopic (exact) mass is 367 g/mol. The van der Waals surface area contributed by atoms with E-state index in [0.717, 1.165) is 35.2 Å². The molecule has 4 nitrogen and oxygen atoms in total. The maximum Gasteiger partial charge on any atom is 0.257 e. The van der Waals surface area contributed by atoms with Crippen LogP contribution in [0.3, 0.4) is 0 Å². The first kappa shape index (κ1) is 16.9. The molecule has 1 saturated carbocycles. The van der Waals surface area contributed by atoms with E-state index in [-0.39, 0.29) is 11.1 Å². The predicted molar refractivity (Wildman–Crippen MR) is 113 cm³/mol. The number of aromatic amines is 1. The van der Waals surface area contributed by atoms with Crippen molar-refractivity contribution in [2.24, 2.45) is 5.73 Å². The van der Waals surface area contributed by atoms with Gasteiger partial charge in [-0.05, 0) is 42.5 Å². The lowest BCUT2D eigenvalue weighted by molar-refractivity contribution is 0.253. The molecule has 2 aromatic heterocycles. The van der Waals surface area contributed by atoms with Gasteiger partial charge in [0.05, 0.1) is 16.6 Å². The molecule has 4 heteroatoms. The highest BCUT2D eigenvalue weighted by molar-refractivity contribution is 5.91. The molecule has 0 spiro atoms. The zero-order valence-electron chi connectivity index (χ0n) is 15.5. The normalized spacial score (nSPS) is 15.3. The smallest absolute Gasteiger partial charge is 0.257 e. The van der Waals surface area contributed by atoms with Crippen LogP contribution >= 0.6 is 0 Å². The summed E-state index contributed by atoms with van der Waals surface area (Å²) in [5.74, 6) is 0. The van der Waals surface area contributed by atoms with Crippen molar-refractivity contribution in [1.29, 1.82) is 0 Å². The lowest BCUT2D eigenvalue weighted by Gasteiger charge is -2.38. The van der Waals surface area contributed by atoms with Crippen LogP contribution in [0, 0.1) is 0 Å². The van der Waals surface area contributed by atoms with Crippen LogP contribution in [-0.2, 0) is 5.54 Å². The quantitative estimate of drug-likeness (QED) is 0.556. The number of H-pyrrole nitrogens is 1. The van der Waals surface area contributed by atoms with Gasteiger partial charge in [0.15, 0.2) is 0 Å². The van der Waals surface area contributed by atoms with Crippen LogP contribution in [0.5, 0.6) is 0 Å². The van der Waals surface area contributed by atoms with Gasteiger partial charge in [-0.1, -0.05) is 54.6 Å². The summed E-state index contributed by atoms with van der Waals surface area (Å²) in [6, 6.07) is 22.3. The van der Waals surface area contributed by atoms with Gasteiger partial charge >= 0.3 is 0 Å². The molecule has 1 aliphatic rings. The van der Waals surface area contributed by atoms with E-state index >= 15 is 0 Å². The van der Waals surface area contributed by atoms with Gasteiger partial charge in [-0.25, -0.2) is 4.98 Å². The fraction of sp³-hybridized carbons (Fsp3) is 0.167. The van der Waals surface area contributed by atoms with Gasteiger partial charge in [-0.2, -0.15) is 0 Å². The molecule has 1 fully saturated rings. The molecule has 1 aliphatic carbocycles. The average Bonchev–Trinajstić information content (AvgIpc) is 2.72. The number of aromatic nitrogens is 2. The first-order chi connectivity index (χ1) is 13.6. The second-order valence-electron chi connectivity index (χ2n) is 7.58. The van der Waals surface area contributed by atoms with Gasteiger partial charge < -0.3 is 10.7 Å². The number of nitrogens with two attached hydrogens (primary N) is 1. The molecular formula is C24H21N3O. The Morgan fingerprint density at radius 1 is 0.929 bits per heavy atom. The van der Waals surface area contributed by atoms with E-state index in [1.54, 1.807) is 6.20 Å². The van der Waals surface area contributed by atoms with Crippen molar-refractivity contribution in [3.8, 4) is 22.4 Å². The van der Waals surface area contributed by atoms with Crippen molar-refractivity contribution in [3.05, 3.63) is 88.8 Å². The number of hydrogen-bond donors (Lipinski definition) is 2. The van der Waals surface area contributed by atoms with Gasteiger partial charge in [0, 0.05) is 22.9 Å². The Labute approximate surface area is 163 Å². The van der Waals surface area contributed by atoms with Gasteiger partial charge in [0.25, 0.3) is 5.56 Å². The zero-order chi connectivity index (χ0) is 19.1. The summed E-state index contributed by atoms with van der Waals surface area (Å²) in [5.41, 5.74) is 11.9. The number of rotatable bonds is 3. The van der Waals surface area contributed by atoms with Crippen molar-refractivity contribution in [2.75, 3.05) is 0 Å². The third kappa shape index (κ3) is 2.74. The SMILES string of the molecule is NC1(c2ccc(-c3nc4cc[nH]c(=O)c4cc3-c3ccccc3)cc2)CCC1. The fourth-order valence-corrected chi connectivity index (χ4v) is 3.97. The van der Waals surface area contributed by atoms with Crippen LogP contribution in [0.4, 0.5) is 0 Å². The van der Waals surface area contributed by atoms with E-state index in [1.165, 1.54) is 12.0 Å². The topological polar surface area (TPSA) is 71.8 Å². The van der Waals surface area contributed by atoms with Crippen molar-refractivity contribution < 1.29 is 0 Å². The van der Waals surface area contributed by atoms with E-state index in [9.17, 15) is 4.79 Å². The molecular weight excluding hydrogens is 346 g/mol. The van der Waals surface area contributed by atoms with Crippen LogP contribution < -0.4 is 11.3 Å². The molecule has 0 amide bonds. The van der Waals surface area contributed by atoms with Gasteiger partial charge in [0.1, 0.15) is 0 Å². The lowest BCUT2D eigenvalue weighted by atomic mass is 9.72. The Kier molecular flexibility index (Phi) is 3.88. The third-order valence-electron chi connectivity index (χ3n) is 5.82. The van der Waals surface area contributed by atoms with E-state index in [1.807, 2.05) is 42.5 Å². The molecule has 0 atom stereocenters. The highest BCUT2D eigenvalue weighted by Crippen LogP contribution is 2.40. The largest absolute Gasteiger partial charge is 0.328 e. The zero-order valence-corrected chi connectivity index (χ0v) is 15.5. The first-order valence-electron chi connectivity index (χ1n) is 9.62. The molecule has 28 heavy (non-hydrogen) atoms.